The fourth-order valence-electron chi connectivity index (χ4n) is 1.14. The second-order valence-corrected chi connectivity index (χ2v) is 3.08. The smallest absolute Gasteiger partial charge is 0.512 e. The number of rotatable bonds is 4. The van der Waals surface area contributed by atoms with Crippen molar-refractivity contribution < 1.29 is 14.3 Å². The zero-order valence-electron chi connectivity index (χ0n) is 8.78. The monoisotopic (exact) mass is 194 g/mol. The SMILES string of the molecule is CCOB(O)Oc1cccc(C)c1C. The lowest BCUT2D eigenvalue weighted by atomic mass is 10.1. The number of hydrogen-bond donors (Lipinski definition) is 1. The van der Waals surface area contributed by atoms with Crippen LogP contribution in [-0.4, -0.2) is 19.0 Å². The van der Waals surface area contributed by atoms with Gasteiger partial charge in [-0.3, -0.25) is 0 Å². The molecule has 0 bridgehead atoms. The molecule has 0 aliphatic carbocycles. The van der Waals surface area contributed by atoms with Gasteiger partial charge < -0.3 is 14.3 Å². The molecule has 3 nitrogen and oxygen atoms in total. The summed E-state index contributed by atoms with van der Waals surface area (Å²) in [5.74, 6) is 0.658. The van der Waals surface area contributed by atoms with E-state index in [-0.39, 0.29) is 0 Å². The summed E-state index contributed by atoms with van der Waals surface area (Å²) in [5, 5.41) is 9.27. The Morgan fingerprint density at radius 3 is 2.71 bits per heavy atom. The average Bonchev–Trinajstić information content (AvgIpc) is 2.13. The molecule has 1 aromatic rings. The highest BCUT2D eigenvalue weighted by Gasteiger charge is 2.18. The quantitative estimate of drug-likeness (QED) is 0.741. The maximum absolute atomic E-state index is 9.27. The van der Waals surface area contributed by atoms with E-state index in [0.29, 0.717) is 12.4 Å². The second-order valence-electron chi connectivity index (χ2n) is 3.08. The molecule has 0 atom stereocenters. The van der Waals surface area contributed by atoms with E-state index in [2.05, 4.69) is 0 Å². The molecule has 1 aromatic carbocycles. The molecular weight excluding hydrogens is 179 g/mol. The van der Waals surface area contributed by atoms with Gasteiger partial charge in [0, 0.05) is 6.61 Å². The molecule has 0 saturated heterocycles. The van der Waals surface area contributed by atoms with Crippen LogP contribution in [0.5, 0.6) is 5.75 Å². The van der Waals surface area contributed by atoms with Gasteiger partial charge in [-0.05, 0) is 38.0 Å². The highest BCUT2D eigenvalue weighted by atomic mass is 16.7. The highest BCUT2D eigenvalue weighted by molar-refractivity contribution is 6.35. The Hall–Kier alpha value is -0.995. The first kappa shape index (κ1) is 11.1. The lowest BCUT2D eigenvalue weighted by Gasteiger charge is -2.12. The molecule has 14 heavy (non-hydrogen) atoms. The third-order valence-corrected chi connectivity index (χ3v) is 2.09. The van der Waals surface area contributed by atoms with Crippen molar-refractivity contribution in [3.63, 3.8) is 0 Å². The van der Waals surface area contributed by atoms with Crippen LogP contribution in [0.3, 0.4) is 0 Å². The molecule has 0 radical (unpaired) electrons. The Morgan fingerprint density at radius 1 is 1.36 bits per heavy atom. The van der Waals surface area contributed by atoms with Gasteiger partial charge in [0.05, 0.1) is 0 Å². The lowest BCUT2D eigenvalue weighted by molar-refractivity contribution is 0.204. The molecule has 0 spiro atoms. The van der Waals surface area contributed by atoms with Crippen molar-refractivity contribution in [2.24, 2.45) is 0 Å². The fourth-order valence-corrected chi connectivity index (χ4v) is 1.14. The summed E-state index contributed by atoms with van der Waals surface area (Å²) in [6.45, 7) is 6.17. The largest absolute Gasteiger partial charge is 0.710 e. The Kier molecular flexibility index (Phi) is 3.98. The summed E-state index contributed by atoms with van der Waals surface area (Å²) in [6.07, 6.45) is 0. The van der Waals surface area contributed by atoms with Crippen molar-refractivity contribution in [3.8, 4) is 5.75 Å². The topological polar surface area (TPSA) is 38.7 Å². The average molecular weight is 194 g/mol. The van der Waals surface area contributed by atoms with Gasteiger partial charge >= 0.3 is 7.32 Å². The van der Waals surface area contributed by atoms with Crippen molar-refractivity contribution in [2.45, 2.75) is 20.8 Å². The molecule has 0 aliphatic heterocycles. The molecule has 1 N–H and O–H groups in total. The van der Waals surface area contributed by atoms with Crippen LogP contribution >= 0.6 is 0 Å². The van der Waals surface area contributed by atoms with Gasteiger partial charge in [-0.1, -0.05) is 12.1 Å². The Bertz CT molecular complexity index is 301. The van der Waals surface area contributed by atoms with Gasteiger partial charge in [0.1, 0.15) is 5.75 Å². The molecular formula is C10H15BO3. The minimum Gasteiger partial charge on any atom is -0.512 e. The van der Waals surface area contributed by atoms with Crippen molar-refractivity contribution in [1.82, 2.24) is 0 Å². The van der Waals surface area contributed by atoms with Crippen LogP contribution in [0.2, 0.25) is 0 Å². The van der Waals surface area contributed by atoms with E-state index in [9.17, 15) is 5.02 Å². The minimum atomic E-state index is -1.18. The summed E-state index contributed by atoms with van der Waals surface area (Å²) >= 11 is 0. The first-order valence-electron chi connectivity index (χ1n) is 4.67. The van der Waals surface area contributed by atoms with Crippen LogP contribution in [0.15, 0.2) is 18.2 Å². The van der Waals surface area contributed by atoms with E-state index in [1.54, 1.807) is 6.92 Å². The normalized spacial score (nSPS) is 10.0. The van der Waals surface area contributed by atoms with Gasteiger partial charge in [0.15, 0.2) is 0 Å². The summed E-state index contributed by atoms with van der Waals surface area (Å²) in [4.78, 5) is 0. The molecule has 0 saturated carbocycles. The molecule has 0 aromatic heterocycles. The van der Waals surface area contributed by atoms with Gasteiger partial charge in [-0.2, -0.15) is 0 Å². The van der Waals surface area contributed by atoms with Crippen LogP contribution < -0.4 is 4.65 Å². The fraction of sp³-hybridized carbons (Fsp3) is 0.400. The summed E-state index contributed by atoms with van der Waals surface area (Å²) in [5.41, 5.74) is 2.15. The molecule has 4 heteroatoms. The first-order valence-corrected chi connectivity index (χ1v) is 4.67. The van der Waals surface area contributed by atoms with E-state index in [1.165, 1.54) is 0 Å². The Labute approximate surface area is 84.8 Å². The summed E-state index contributed by atoms with van der Waals surface area (Å²) in [6, 6.07) is 5.69. The molecule has 0 unspecified atom stereocenters. The molecule has 0 fully saturated rings. The maximum Gasteiger partial charge on any atom is 0.710 e. The standard InChI is InChI=1S/C10H15BO3/c1-4-13-11(12)14-10-7-5-6-8(2)9(10)3/h5-7,12H,4H2,1-3H3. The van der Waals surface area contributed by atoms with E-state index in [4.69, 9.17) is 9.31 Å². The Balaban J connectivity index is 2.71. The number of aryl methyl sites for hydroxylation is 1. The number of hydrogen-bond acceptors (Lipinski definition) is 3. The van der Waals surface area contributed by atoms with Crippen LogP contribution in [0.1, 0.15) is 18.1 Å². The molecule has 1 rings (SSSR count). The van der Waals surface area contributed by atoms with Crippen LogP contribution in [0.25, 0.3) is 0 Å². The summed E-state index contributed by atoms with van der Waals surface area (Å²) < 4.78 is 10.1. The molecule has 0 heterocycles. The minimum absolute atomic E-state index is 0.423. The third kappa shape index (κ3) is 2.75. The van der Waals surface area contributed by atoms with Gasteiger partial charge in [0.25, 0.3) is 0 Å². The first-order chi connectivity index (χ1) is 6.65. The van der Waals surface area contributed by atoms with Crippen molar-refractivity contribution in [2.75, 3.05) is 6.61 Å². The van der Waals surface area contributed by atoms with E-state index < -0.39 is 7.32 Å². The predicted octanol–water partition coefficient (Wildman–Crippen LogP) is 1.70. The van der Waals surface area contributed by atoms with Crippen molar-refractivity contribution >= 4 is 7.32 Å². The molecule has 0 aliphatic rings. The van der Waals surface area contributed by atoms with Gasteiger partial charge in [-0.15, -0.1) is 0 Å². The maximum atomic E-state index is 9.27. The zero-order valence-corrected chi connectivity index (χ0v) is 8.78. The van der Waals surface area contributed by atoms with Crippen LogP contribution in [0.4, 0.5) is 0 Å². The van der Waals surface area contributed by atoms with E-state index >= 15 is 0 Å². The predicted molar refractivity (Wildman–Crippen MR) is 56.1 cm³/mol. The van der Waals surface area contributed by atoms with E-state index in [0.717, 1.165) is 11.1 Å². The van der Waals surface area contributed by atoms with Crippen LogP contribution in [0, 0.1) is 13.8 Å². The molecule has 76 valence electrons. The van der Waals surface area contributed by atoms with Crippen molar-refractivity contribution in [1.29, 1.82) is 0 Å². The van der Waals surface area contributed by atoms with E-state index in [1.807, 2.05) is 32.0 Å². The van der Waals surface area contributed by atoms with Crippen LogP contribution in [-0.2, 0) is 4.65 Å². The van der Waals surface area contributed by atoms with Crippen molar-refractivity contribution in [3.05, 3.63) is 29.3 Å². The second kappa shape index (κ2) is 5.03. The molecule has 0 amide bonds. The Morgan fingerprint density at radius 2 is 2.07 bits per heavy atom. The number of benzene rings is 1. The summed E-state index contributed by atoms with van der Waals surface area (Å²) in [7, 11) is -1.18. The van der Waals surface area contributed by atoms with Gasteiger partial charge in [-0.25, -0.2) is 0 Å². The lowest BCUT2D eigenvalue weighted by Crippen LogP contribution is -2.26. The third-order valence-electron chi connectivity index (χ3n) is 2.09. The highest BCUT2D eigenvalue weighted by Crippen LogP contribution is 2.20. The zero-order chi connectivity index (χ0) is 10.6. The van der Waals surface area contributed by atoms with Gasteiger partial charge in [0.2, 0.25) is 0 Å².